The highest BCUT2D eigenvalue weighted by Gasteiger charge is 2.13. The van der Waals surface area contributed by atoms with Crippen molar-refractivity contribution in [2.24, 2.45) is 11.1 Å². The summed E-state index contributed by atoms with van der Waals surface area (Å²) >= 11 is 5.84. The monoisotopic (exact) mass is 267 g/mol. The lowest BCUT2D eigenvalue weighted by molar-refractivity contribution is 0.0928. The molecule has 1 N–H and O–H groups in total. The maximum atomic E-state index is 9.58. The third-order valence-corrected chi connectivity index (χ3v) is 3.53. The topological polar surface area (TPSA) is 41.8 Å². The molecule has 0 heterocycles. The highest BCUT2D eigenvalue weighted by atomic mass is 35.5. The van der Waals surface area contributed by atoms with Crippen molar-refractivity contribution in [2.45, 2.75) is 32.1 Å². The maximum absolute atomic E-state index is 9.58. The molecule has 0 unspecified atom stereocenters. The average Bonchev–Trinajstić information content (AvgIpc) is 2.40. The Hall–Kier alpha value is -1.22. The van der Waals surface area contributed by atoms with Gasteiger partial charge in [-0.2, -0.15) is 0 Å². The fourth-order valence-corrected chi connectivity index (χ4v) is 2.41. The molecule has 18 heavy (non-hydrogen) atoms. The molecule has 1 aromatic carbocycles. The number of hydrogen-bond donors (Lipinski definition) is 1. The van der Waals surface area contributed by atoms with E-state index in [1.807, 2.05) is 0 Å². The van der Waals surface area contributed by atoms with Crippen molar-refractivity contribution in [3.8, 4) is 5.75 Å². The minimum atomic E-state index is 0.157. The molecule has 0 saturated heterocycles. The van der Waals surface area contributed by atoms with Crippen LogP contribution in [0.25, 0.3) is 0 Å². The van der Waals surface area contributed by atoms with Crippen LogP contribution in [0.3, 0.4) is 0 Å². The Labute approximate surface area is 112 Å². The number of rotatable bonds is 4. The second-order valence-electron chi connectivity index (χ2n) is 4.74. The molecule has 1 aliphatic rings. The molecule has 1 aromatic rings. The van der Waals surface area contributed by atoms with Crippen LogP contribution in [-0.4, -0.2) is 17.9 Å². The van der Waals surface area contributed by atoms with Crippen LogP contribution < -0.4 is 0 Å². The lowest BCUT2D eigenvalue weighted by atomic mass is 9.90. The summed E-state index contributed by atoms with van der Waals surface area (Å²) in [7, 11) is 0. The smallest absolute Gasteiger partial charge is 0.124 e. The van der Waals surface area contributed by atoms with E-state index in [4.69, 9.17) is 16.4 Å². The van der Waals surface area contributed by atoms with Gasteiger partial charge in [-0.05, 0) is 37.0 Å². The average molecular weight is 268 g/mol. The number of nitrogens with zero attached hydrogens (tertiary/aromatic N) is 1. The number of benzene rings is 1. The van der Waals surface area contributed by atoms with Crippen molar-refractivity contribution < 1.29 is 9.94 Å². The number of phenolic OH excluding ortho intramolecular Hbond substituents is 1. The van der Waals surface area contributed by atoms with Crippen LogP contribution in [0, 0.1) is 5.92 Å². The Bertz CT molecular complexity index is 414. The molecule has 0 aliphatic heterocycles. The number of phenols is 1. The van der Waals surface area contributed by atoms with Crippen LogP contribution in [-0.2, 0) is 4.84 Å². The molecular formula is C14H18ClNO2. The summed E-state index contributed by atoms with van der Waals surface area (Å²) in [5, 5.41) is 14.0. The van der Waals surface area contributed by atoms with Gasteiger partial charge in [-0.25, -0.2) is 0 Å². The summed E-state index contributed by atoms with van der Waals surface area (Å²) < 4.78 is 0. The highest BCUT2D eigenvalue weighted by Crippen LogP contribution is 2.24. The lowest BCUT2D eigenvalue weighted by Gasteiger charge is -2.19. The molecule has 4 heteroatoms. The Kier molecular flexibility index (Phi) is 4.88. The summed E-state index contributed by atoms with van der Waals surface area (Å²) in [6.07, 6.45) is 7.91. The van der Waals surface area contributed by atoms with Gasteiger partial charge in [0.15, 0.2) is 0 Å². The predicted octanol–water partition coefficient (Wildman–Crippen LogP) is 3.98. The van der Waals surface area contributed by atoms with E-state index in [9.17, 15) is 5.11 Å². The van der Waals surface area contributed by atoms with Crippen LogP contribution in [0.1, 0.15) is 37.7 Å². The van der Waals surface area contributed by atoms with Crippen LogP contribution >= 0.6 is 11.6 Å². The van der Waals surface area contributed by atoms with Gasteiger partial charge < -0.3 is 9.94 Å². The molecule has 0 radical (unpaired) electrons. The van der Waals surface area contributed by atoms with Crippen molar-refractivity contribution in [1.29, 1.82) is 0 Å². The molecular weight excluding hydrogens is 250 g/mol. The Morgan fingerprint density at radius 2 is 2.11 bits per heavy atom. The molecule has 3 nitrogen and oxygen atoms in total. The summed E-state index contributed by atoms with van der Waals surface area (Å²) in [5.74, 6) is 0.785. The Morgan fingerprint density at radius 1 is 1.33 bits per heavy atom. The molecule has 0 aromatic heterocycles. The van der Waals surface area contributed by atoms with E-state index in [-0.39, 0.29) is 5.75 Å². The summed E-state index contributed by atoms with van der Waals surface area (Å²) in [6.45, 7) is 0.665. The van der Waals surface area contributed by atoms with E-state index in [0.717, 1.165) is 0 Å². The van der Waals surface area contributed by atoms with Gasteiger partial charge in [-0.3, -0.25) is 0 Å². The molecule has 1 aliphatic carbocycles. The SMILES string of the molecule is Oc1ccc(Cl)cc1/C=N/OCC1CCCCC1. The van der Waals surface area contributed by atoms with Crippen molar-refractivity contribution in [3.05, 3.63) is 28.8 Å². The second kappa shape index (κ2) is 6.64. The van der Waals surface area contributed by atoms with E-state index >= 15 is 0 Å². The lowest BCUT2D eigenvalue weighted by Crippen LogP contribution is -2.11. The van der Waals surface area contributed by atoms with Gasteiger partial charge in [0.05, 0.1) is 6.21 Å². The fraction of sp³-hybridized carbons (Fsp3) is 0.500. The largest absolute Gasteiger partial charge is 0.507 e. The van der Waals surface area contributed by atoms with Gasteiger partial charge in [0.2, 0.25) is 0 Å². The van der Waals surface area contributed by atoms with Gasteiger partial charge in [0.25, 0.3) is 0 Å². The first-order valence-corrected chi connectivity index (χ1v) is 6.77. The second-order valence-corrected chi connectivity index (χ2v) is 5.17. The van der Waals surface area contributed by atoms with Crippen LogP contribution in [0.5, 0.6) is 5.75 Å². The van der Waals surface area contributed by atoms with Gasteiger partial charge >= 0.3 is 0 Å². The predicted molar refractivity (Wildman–Crippen MR) is 73.2 cm³/mol. The number of halogens is 1. The molecule has 1 saturated carbocycles. The molecule has 0 atom stereocenters. The summed E-state index contributed by atoms with van der Waals surface area (Å²) in [6, 6.07) is 4.84. The van der Waals surface area contributed by atoms with E-state index in [1.54, 1.807) is 18.2 Å². The van der Waals surface area contributed by atoms with E-state index in [2.05, 4.69) is 5.16 Å². The first kappa shape index (κ1) is 13.2. The maximum Gasteiger partial charge on any atom is 0.124 e. The normalized spacial score (nSPS) is 17.2. The molecule has 0 bridgehead atoms. The molecule has 2 rings (SSSR count). The fourth-order valence-electron chi connectivity index (χ4n) is 2.23. The number of aromatic hydroxyl groups is 1. The van der Waals surface area contributed by atoms with E-state index in [0.29, 0.717) is 23.1 Å². The zero-order chi connectivity index (χ0) is 12.8. The number of oxime groups is 1. The molecule has 0 spiro atoms. The zero-order valence-electron chi connectivity index (χ0n) is 10.3. The number of hydrogen-bond acceptors (Lipinski definition) is 3. The van der Waals surface area contributed by atoms with Gasteiger partial charge in [0, 0.05) is 10.6 Å². The third-order valence-electron chi connectivity index (χ3n) is 3.29. The zero-order valence-corrected chi connectivity index (χ0v) is 11.1. The van der Waals surface area contributed by atoms with Crippen molar-refractivity contribution in [2.75, 3.05) is 6.61 Å². The first-order chi connectivity index (χ1) is 8.75. The summed E-state index contributed by atoms with van der Waals surface area (Å²) in [4.78, 5) is 5.29. The highest BCUT2D eigenvalue weighted by molar-refractivity contribution is 6.30. The Balaban J connectivity index is 1.81. The minimum Gasteiger partial charge on any atom is -0.507 e. The Morgan fingerprint density at radius 3 is 2.89 bits per heavy atom. The van der Waals surface area contributed by atoms with E-state index < -0.39 is 0 Å². The quantitative estimate of drug-likeness (QED) is 0.662. The molecule has 98 valence electrons. The minimum absolute atomic E-state index is 0.157. The standard InChI is InChI=1S/C14H18ClNO2/c15-13-6-7-14(17)12(8-13)9-16-18-10-11-4-2-1-3-5-11/h6-9,11,17H,1-5,10H2/b16-9+. The third kappa shape index (κ3) is 3.91. The van der Waals surface area contributed by atoms with Crippen LogP contribution in [0.15, 0.2) is 23.4 Å². The molecule has 1 fully saturated rings. The summed E-state index contributed by atoms with van der Waals surface area (Å²) in [5.41, 5.74) is 0.575. The van der Waals surface area contributed by atoms with Crippen molar-refractivity contribution in [1.82, 2.24) is 0 Å². The van der Waals surface area contributed by atoms with Gasteiger partial charge in [0.1, 0.15) is 12.4 Å². The van der Waals surface area contributed by atoms with E-state index in [1.165, 1.54) is 38.3 Å². The van der Waals surface area contributed by atoms with Gasteiger partial charge in [-0.15, -0.1) is 0 Å². The van der Waals surface area contributed by atoms with Crippen LogP contribution in [0.2, 0.25) is 5.02 Å². The van der Waals surface area contributed by atoms with Crippen molar-refractivity contribution in [3.63, 3.8) is 0 Å². The van der Waals surface area contributed by atoms with Crippen molar-refractivity contribution >= 4 is 17.8 Å². The van der Waals surface area contributed by atoms with Crippen LogP contribution in [0.4, 0.5) is 0 Å². The van der Waals surface area contributed by atoms with Gasteiger partial charge in [-0.1, -0.05) is 36.0 Å². The molecule has 0 amide bonds. The first-order valence-electron chi connectivity index (χ1n) is 6.39.